The van der Waals surface area contributed by atoms with Crippen LogP contribution < -0.4 is 4.90 Å². The minimum Gasteiger partial charge on any atom is -0.450 e. The van der Waals surface area contributed by atoms with Crippen LogP contribution >= 0.6 is 23.2 Å². The average molecular weight is 318 g/mol. The molecule has 1 aromatic carbocycles. The Balaban J connectivity index is 1.85. The number of halogens is 2. The van der Waals surface area contributed by atoms with Gasteiger partial charge < -0.3 is 9.64 Å². The molecule has 1 heterocycles. The predicted octanol–water partition coefficient (Wildman–Crippen LogP) is 1.85. The van der Waals surface area contributed by atoms with Crippen LogP contribution in [0.4, 0.5) is 4.79 Å². The third-order valence-corrected chi connectivity index (χ3v) is 4.17. The van der Waals surface area contributed by atoms with Crippen molar-refractivity contribution in [3.8, 4) is 0 Å². The molecule has 0 radical (unpaired) electrons. The Morgan fingerprint density at radius 1 is 1.30 bits per heavy atom. The molecule has 1 aromatic rings. The minimum atomic E-state index is -0.207. The lowest BCUT2D eigenvalue weighted by atomic mass is 10.2. The van der Waals surface area contributed by atoms with Gasteiger partial charge in [-0.1, -0.05) is 29.3 Å². The third-order valence-electron chi connectivity index (χ3n) is 3.43. The highest BCUT2D eigenvalue weighted by Crippen LogP contribution is 2.22. The van der Waals surface area contributed by atoms with Crippen molar-refractivity contribution in [2.24, 2.45) is 0 Å². The van der Waals surface area contributed by atoms with Gasteiger partial charge in [0.15, 0.2) is 0 Å². The fraction of sp³-hybridized carbons (Fsp3) is 0.500. The number of nitrogens with one attached hydrogen (secondary N) is 1. The second-order valence-corrected chi connectivity index (χ2v) is 5.68. The standard InChI is InChI=1S/C14H18Cl2N2O2/c1-2-20-14(19)18-7-5-17(6-8-18)10-11-3-4-12(15)13(16)9-11/h3-4,9H,2,5-8,10H2,1H3/p+1. The summed E-state index contributed by atoms with van der Waals surface area (Å²) in [7, 11) is 0. The number of amides is 1. The van der Waals surface area contributed by atoms with E-state index in [4.69, 9.17) is 27.9 Å². The Morgan fingerprint density at radius 3 is 2.60 bits per heavy atom. The molecule has 0 saturated carbocycles. The SMILES string of the molecule is CCOC(=O)N1CC[NH+](Cc2ccc(Cl)c(Cl)c2)CC1. The molecule has 0 bridgehead atoms. The van der Waals surface area contributed by atoms with Gasteiger partial charge in [0.2, 0.25) is 0 Å². The molecule has 2 rings (SSSR count). The summed E-state index contributed by atoms with van der Waals surface area (Å²) in [5, 5.41) is 1.17. The predicted molar refractivity (Wildman–Crippen MR) is 79.5 cm³/mol. The van der Waals surface area contributed by atoms with Crippen LogP contribution in [0.15, 0.2) is 18.2 Å². The van der Waals surface area contributed by atoms with E-state index in [0.29, 0.717) is 16.7 Å². The number of rotatable bonds is 3. The van der Waals surface area contributed by atoms with Gasteiger partial charge in [0, 0.05) is 5.56 Å². The van der Waals surface area contributed by atoms with E-state index in [0.717, 1.165) is 32.7 Å². The number of benzene rings is 1. The molecule has 1 amide bonds. The van der Waals surface area contributed by atoms with E-state index >= 15 is 0 Å². The number of piperazine rings is 1. The topological polar surface area (TPSA) is 34.0 Å². The molecule has 20 heavy (non-hydrogen) atoms. The first-order valence-corrected chi connectivity index (χ1v) is 7.55. The Morgan fingerprint density at radius 2 is 2.00 bits per heavy atom. The van der Waals surface area contributed by atoms with Gasteiger partial charge in [0.1, 0.15) is 6.54 Å². The maximum absolute atomic E-state index is 11.6. The van der Waals surface area contributed by atoms with E-state index in [-0.39, 0.29) is 6.09 Å². The van der Waals surface area contributed by atoms with Crippen molar-refractivity contribution in [2.75, 3.05) is 32.8 Å². The van der Waals surface area contributed by atoms with E-state index in [2.05, 4.69) is 0 Å². The first kappa shape index (κ1) is 15.4. The van der Waals surface area contributed by atoms with Crippen molar-refractivity contribution in [1.82, 2.24) is 4.90 Å². The molecule has 0 atom stereocenters. The first-order valence-electron chi connectivity index (χ1n) is 6.79. The molecule has 1 saturated heterocycles. The van der Waals surface area contributed by atoms with E-state index in [1.54, 1.807) is 4.90 Å². The van der Waals surface area contributed by atoms with Crippen molar-refractivity contribution in [1.29, 1.82) is 0 Å². The summed E-state index contributed by atoms with van der Waals surface area (Å²) >= 11 is 11.9. The van der Waals surface area contributed by atoms with Gasteiger partial charge in [-0.3, -0.25) is 4.90 Å². The summed E-state index contributed by atoms with van der Waals surface area (Å²) in [6.07, 6.45) is -0.207. The van der Waals surface area contributed by atoms with Crippen LogP contribution in [0.1, 0.15) is 12.5 Å². The molecular weight excluding hydrogens is 299 g/mol. The van der Waals surface area contributed by atoms with Crippen molar-refractivity contribution in [3.63, 3.8) is 0 Å². The summed E-state index contributed by atoms with van der Waals surface area (Å²) in [4.78, 5) is 14.8. The maximum atomic E-state index is 11.6. The number of hydrogen-bond donors (Lipinski definition) is 1. The number of nitrogens with zero attached hydrogens (tertiary/aromatic N) is 1. The monoisotopic (exact) mass is 317 g/mol. The van der Waals surface area contributed by atoms with Crippen molar-refractivity contribution in [2.45, 2.75) is 13.5 Å². The van der Waals surface area contributed by atoms with E-state index in [9.17, 15) is 4.79 Å². The van der Waals surface area contributed by atoms with Gasteiger partial charge in [-0.25, -0.2) is 4.79 Å². The molecule has 1 fully saturated rings. The highest BCUT2D eigenvalue weighted by atomic mass is 35.5. The summed E-state index contributed by atoms with van der Waals surface area (Å²) in [5.41, 5.74) is 1.17. The van der Waals surface area contributed by atoms with Gasteiger partial charge in [-0.05, 0) is 19.1 Å². The van der Waals surface area contributed by atoms with Gasteiger partial charge >= 0.3 is 6.09 Å². The largest absolute Gasteiger partial charge is 0.450 e. The van der Waals surface area contributed by atoms with Crippen molar-refractivity contribution in [3.05, 3.63) is 33.8 Å². The lowest BCUT2D eigenvalue weighted by molar-refractivity contribution is -0.917. The number of hydrogen-bond acceptors (Lipinski definition) is 2. The highest BCUT2D eigenvalue weighted by Gasteiger charge is 2.24. The molecule has 1 aliphatic heterocycles. The van der Waals surface area contributed by atoms with Crippen LogP contribution in [-0.4, -0.2) is 43.8 Å². The summed E-state index contributed by atoms with van der Waals surface area (Å²) in [6.45, 7) is 6.44. The van der Waals surface area contributed by atoms with E-state index in [1.807, 2.05) is 25.1 Å². The third kappa shape index (κ3) is 4.01. The average Bonchev–Trinajstić information content (AvgIpc) is 2.44. The Kier molecular flexibility index (Phi) is 5.52. The lowest BCUT2D eigenvalue weighted by Crippen LogP contribution is -3.13. The molecule has 0 unspecified atom stereocenters. The van der Waals surface area contributed by atoms with Crippen LogP contribution in [0.2, 0.25) is 10.0 Å². The fourth-order valence-corrected chi connectivity index (χ4v) is 2.66. The van der Waals surface area contributed by atoms with Gasteiger partial charge in [-0.2, -0.15) is 0 Å². The summed E-state index contributed by atoms with van der Waals surface area (Å²) in [6, 6.07) is 5.74. The minimum absolute atomic E-state index is 0.207. The molecule has 0 aromatic heterocycles. The first-order chi connectivity index (χ1) is 9.60. The zero-order chi connectivity index (χ0) is 14.5. The molecule has 1 N–H and O–H groups in total. The second-order valence-electron chi connectivity index (χ2n) is 4.86. The Hall–Kier alpha value is -0.970. The van der Waals surface area contributed by atoms with Crippen molar-refractivity contribution < 1.29 is 14.4 Å². The quantitative estimate of drug-likeness (QED) is 0.923. The second kappa shape index (κ2) is 7.16. The van der Waals surface area contributed by atoms with Gasteiger partial charge in [0.05, 0.1) is 42.8 Å². The molecule has 4 nitrogen and oxygen atoms in total. The van der Waals surface area contributed by atoms with E-state index in [1.165, 1.54) is 10.5 Å². The van der Waals surface area contributed by atoms with Crippen LogP contribution in [0.25, 0.3) is 0 Å². The fourth-order valence-electron chi connectivity index (χ4n) is 2.34. The molecule has 110 valence electrons. The summed E-state index contributed by atoms with van der Waals surface area (Å²) < 4.78 is 5.01. The zero-order valence-corrected chi connectivity index (χ0v) is 13.0. The van der Waals surface area contributed by atoms with Crippen molar-refractivity contribution >= 4 is 29.3 Å². The van der Waals surface area contributed by atoms with E-state index < -0.39 is 0 Å². The van der Waals surface area contributed by atoms with Crippen LogP contribution in [0.3, 0.4) is 0 Å². The molecular formula is C14H19Cl2N2O2+. The number of carbonyl (C=O) groups is 1. The van der Waals surface area contributed by atoms with Crippen LogP contribution in [-0.2, 0) is 11.3 Å². The van der Waals surface area contributed by atoms with Gasteiger partial charge in [0.25, 0.3) is 0 Å². The Labute approximate surface area is 129 Å². The maximum Gasteiger partial charge on any atom is 0.410 e. The molecule has 0 spiro atoms. The normalized spacial score (nSPS) is 16.2. The van der Waals surface area contributed by atoms with Gasteiger partial charge in [-0.15, -0.1) is 0 Å². The lowest BCUT2D eigenvalue weighted by Gasteiger charge is -2.31. The highest BCUT2D eigenvalue weighted by molar-refractivity contribution is 6.42. The molecule has 1 aliphatic rings. The molecule has 6 heteroatoms. The molecule has 0 aliphatic carbocycles. The van der Waals surface area contributed by atoms with Crippen LogP contribution in [0.5, 0.6) is 0 Å². The Bertz CT molecular complexity index is 474. The summed E-state index contributed by atoms with van der Waals surface area (Å²) in [5.74, 6) is 0. The number of quaternary nitrogens is 1. The van der Waals surface area contributed by atoms with Crippen LogP contribution in [0, 0.1) is 0 Å². The smallest absolute Gasteiger partial charge is 0.410 e. The zero-order valence-electron chi connectivity index (χ0n) is 11.5. The number of ether oxygens (including phenoxy) is 1. The number of carbonyl (C=O) groups excluding carboxylic acids is 1.